The topological polar surface area (TPSA) is 41.6 Å². The molecule has 1 aromatic rings. The third kappa shape index (κ3) is 1.49. The molecule has 0 bridgehead atoms. The van der Waals surface area contributed by atoms with Gasteiger partial charge in [-0.2, -0.15) is 15.4 Å². The van der Waals surface area contributed by atoms with Gasteiger partial charge in [0.25, 0.3) is 0 Å². The van der Waals surface area contributed by atoms with Crippen molar-refractivity contribution in [2.75, 3.05) is 0 Å². The quantitative estimate of drug-likeness (QED) is 0.692. The highest BCUT2D eigenvalue weighted by Crippen LogP contribution is 2.34. The van der Waals surface area contributed by atoms with Gasteiger partial charge in [0, 0.05) is 5.92 Å². The highest BCUT2D eigenvalue weighted by atomic mass is 15.3. The maximum Gasteiger partial charge on any atom is 0.0855 e. The summed E-state index contributed by atoms with van der Waals surface area (Å²) in [5.74, 6) is 1.52. The second-order valence-corrected chi connectivity index (χ2v) is 3.86. The van der Waals surface area contributed by atoms with E-state index >= 15 is 0 Å². The fourth-order valence-electron chi connectivity index (χ4n) is 2.11. The minimum absolute atomic E-state index is 0.660. The Morgan fingerprint density at radius 1 is 1.50 bits per heavy atom. The molecular weight excluding hydrogens is 150 g/mol. The first-order valence-electron chi connectivity index (χ1n) is 4.72. The van der Waals surface area contributed by atoms with E-state index in [-0.39, 0.29) is 0 Å². The molecule has 66 valence electrons. The summed E-state index contributed by atoms with van der Waals surface area (Å²) in [6.45, 7) is 2.33. The SMILES string of the molecule is CC1CCCC(c2cn[nH]n2)C1. The lowest BCUT2D eigenvalue weighted by molar-refractivity contribution is 0.340. The molecular formula is C9H15N3. The summed E-state index contributed by atoms with van der Waals surface area (Å²) in [5, 5.41) is 10.7. The zero-order chi connectivity index (χ0) is 8.39. The highest BCUT2D eigenvalue weighted by Gasteiger charge is 2.21. The number of H-pyrrole nitrogens is 1. The first-order chi connectivity index (χ1) is 5.86. The molecule has 0 aromatic carbocycles. The molecule has 0 spiro atoms. The molecule has 2 unspecified atom stereocenters. The van der Waals surface area contributed by atoms with E-state index < -0.39 is 0 Å². The van der Waals surface area contributed by atoms with Crippen molar-refractivity contribution in [3.05, 3.63) is 11.9 Å². The van der Waals surface area contributed by atoms with Crippen molar-refractivity contribution in [1.29, 1.82) is 0 Å². The van der Waals surface area contributed by atoms with Gasteiger partial charge in [-0.25, -0.2) is 0 Å². The van der Waals surface area contributed by atoms with E-state index in [9.17, 15) is 0 Å². The molecule has 1 aliphatic carbocycles. The second-order valence-electron chi connectivity index (χ2n) is 3.86. The lowest BCUT2D eigenvalue weighted by Gasteiger charge is -2.24. The van der Waals surface area contributed by atoms with Crippen molar-refractivity contribution in [2.45, 2.75) is 38.5 Å². The van der Waals surface area contributed by atoms with Gasteiger partial charge >= 0.3 is 0 Å². The maximum absolute atomic E-state index is 4.14. The molecule has 2 rings (SSSR count). The molecule has 1 fully saturated rings. The number of aromatic amines is 1. The monoisotopic (exact) mass is 165 g/mol. The summed E-state index contributed by atoms with van der Waals surface area (Å²) in [7, 11) is 0. The summed E-state index contributed by atoms with van der Waals surface area (Å²) in [6.07, 6.45) is 7.17. The van der Waals surface area contributed by atoms with Gasteiger partial charge in [-0.1, -0.05) is 19.8 Å². The lowest BCUT2D eigenvalue weighted by Crippen LogP contribution is -2.11. The van der Waals surface area contributed by atoms with Gasteiger partial charge in [-0.05, 0) is 18.8 Å². The van der Waals surface area contributed by atoms with Gasteiger partial charge in [-0.15, -0.1) is 0 Å². The average Bonchev–Trinajstić information content (AvgIpc) is 2.56. The van der Waals surface area contributed by atoms with Crippen LogP contribution in [0.2, 0.25) is 0 Å². The predicted molar refractivity (Wildman–Crippen MR) is 46.8 cm³/mol. The smallest absolute Gasteiger partial charge is 0.0855 e. The molecule has 2 atom stereocenters. The normalized spacial score (nSPS) is 30.4. The minimum atomic E-state index is 0.660. The van der Waals surface area contributed by atoms with Crippen molar-refractivity contribution < 1.29 is 0 Å². The van der Waals surface area contributed by atoms with Gasteiger partial charge in [0.15, 0.2) is 0 Å². The van der Waals surface area contributed by atoms with Crippen LogP contribution in [-0.2, 0) is 0 Å². The summed E-state index contributed by atoms with van der Waals surface area (Å²) in [5.41, 5.74) is 1.15. The Morgan fingerprint density at radius 2 is 2.42 bits per heavy atom. The van der Waals surface area contributed by atoms with Crippen molar-refractivity contribution in [3.8, 4) is 0 Å². The van der Waals surface area contributed by atoms with Gasteiger partial charge in [0.05, 0.1) is 11.9 Å². The Morgan fingerprint density at radius 3 is 3.08 bits per heavy atom. The fourth-order valence-corrected chi connectivity index (χ4v) is 2.11. The van der Waals surface area contributed by atoms with Crippen molar-refractivity contribution in [3.63, 3.8) is 0 Å². The molecule has 12 heavy (non-hydrogen) atoms. The zero-order valence-electron chi connectivity index (χ0n) is 7.45. The van der Waals surface area contributed by atoms with Crippen LogP contribution in [0.15, 0.2) is 6.20 Å². The predicted octanol–water partition coefficient (Wildman–Crippen LogP) is 2.10. The Bertz CT molecular complexity index is 230. The van der Waals surface area contributed by atoms with E-state index in [4.69, 9.17) is 0 Å². The zero-order valence-corrected chi connectivity index (χ0v) is 7.45. The second kappa shape index (κ2) is 3.25. The molecule has 1 N–H and O–H groups in total. The number of hydrogen-bond acceptors (Lipinski definition) is 2. The van der Waals surface area contributed by atoms with Crippen LogP contribution in [0.3, 0.4) is 0 Å². The van der Waals surface area contributed by atoms with E-state index in [2.05, 4.69) is 22.3 Å². The number of nitrogens with zero attached hydrogens (tertiary/aromatic N) is 2. The van der Waals surface area contributed by atoms with Crippen LogP contribution in [-0.4, -0.2) is 15.4 Å². The van der Waals surface area contributed by atoms with E-state index in [0.29, 0.717) is 5.92 Å². The molecule has 0 aliphatic heterocycles. The molecule has 0 amide bonds. The standard InChI is InChI=1S/C9H15N3/c1-7-3-2-4-8(5-7)9-6-10-12-11-9/h6-8H,2-5H2,1H3,(H,10,11,12). The molecule has 0 saturated heterocycles. The van der Waals surface area contributed by atoms with Crippen LogP contribution in [0, 0.1) is 5.92 Å². The molecule has 1 saturated carbocycles. The van der Waals surface area contributed by atoms with Crippen molar-refractivity contribution in [2.24, 2.45) is 5.92 Å². The summed E-state index contributed by atoms with van der Waals surface area (Å²) in [6, 6.07) is 0. The molecule has 0 radical (unpaired) electrons. The fraction of sp³-hybridized carbons (Fsp3) is 0.778. The van der Waals surface area contributed by atoms with Gasteiger partial charge in [-0.3, -0.25) is 0 Å². The number of rotatable bonds is 1. The van der Waals surface area contributed by atoms with Gasteiger partial charge in [0.1, 0.15) is 0 Å². The van der Waals surface area contributed by atoms with Gasteiger partial charge < -0.3 is 0 Å². The molecule has 3 heteroatoms. The first kappa shape index (κ1) is 7.77. The Labute approximate surface area is 72.6 Å². The number of nitrogens with one attached hydrogen (secondary N) is 1. The van der Waals surface area contributed by atoms with Crippen molar-refractivity contribution in [1.82, 2.24) is 15.4 Å². The maximum atomic E-state index is 4.14. The minimum Gasteiger partial charge on any atom is -0.198 e. The van der Waals surface area contributed by atoms with E-state index in [1.165, 1.54) is 25.7 Å². The van der Waals surface area contributed by atoms with Gasteiger partial charge in [0.2, 0.25) is 0 Å². The summed E-state index contributed by atoms with van der Waals surface area (Å²) >= 11 is 0. The summed E-state index contributed by atoms with van der Waals surface area (Å²) < 4.78 is 0. The third-order valence-electron chi connectivity index (χ3n) is 2.79. The van der Waals surface area contributed by atoms with Crippen LogP contribution < -0.4 is 0 Å². The Balaban J connectivity index is 2.04. The van der Waals surface area contributed by atoms with Crippen LogP contribution in [0.25, 0.3) is 0 Å². The lowest BCUT2D eigenvalue weighted by atomic mass is 9.81. The highest BCUT2D eigenvalue weighted by molar-refractivity contribution is 5.02. The van der Waals surface area contributed by atoms with E-state index in [0.717, 1.165) is 11.6 Å². The van der Waals surface area contributed by atoms with E-state index in [1.807, 2.05) is 6.20 Å². The van der Waals surface area contributed by atoms with Crippen LogP contribution in [0.5, 0.6) is 0 Å². The first-order valence-corrected chi connectivity index (χ1v) is 4.72. The largest absolute Gasteiger partial charge is 0.198 e. The van der Waals surface area contributed by atoms with Crippen molar-refractivity contribution >= 4 is 0 Å². The average molecular weight is 165 g/mol. The van der Waals surface area contributed by atoms with Crippen LogP contribution >= 0.6 is 0 Å². The number of aromatic nitrogens is 3. The number of hydrogen-bond donors (Lipinski definition) is 1. The molecule has 1 aromatic heterocycles. The summed E-state index contributed by atoms with van der Waals surface area (Å²) in [4.78, 5) is 0. The third-order valence-corrected chi connectivity index (χ3v) is 2.79. The van der Waals surface area contributed by atoms with Crippen LogP contribution in [0.4, 0.5) is 0 Å². The Kier molecular flexibility index (Phi) is 2.11. The molecule has 1 aliphatic rings. The van der Waals surface area contributed by atoms with E-state index in [1.54, 1.807) is 0 Å². The Hall–Kier alpha value is -0.860. The molecule has 1 heterocycles. The molecule has 3 nitrogen and oxygen atoms in total. The van der Waals surface area contributed by atoms with Crippen LogP contribution in [0.1, 0.15) is 44.2 Å².